The number of carbonyl (C=O) groups is 1. The molecule has 3 heteroatoms. The molecule has 0 unspecified atom stereocenters. The van der Waals surface area contributed by atoms with Gasteiger partial charge in [-0.05, 0) is 24.8 Å². The summed E-state index contributed by atoms with van der Waals surface area (Å²) in [6.07, 6.45) is 5.03. The Balaban J connectivity index is 0.000001000. The number of Topliss-reactive ketones (excluding diaryl/α,β-unsaturated/α-hetero) is 1. The monoisotopic (exact) mass is 162 g/mol. The quantitative estimate of drug-likeness (QED) is 0.175. The smallest absolute Gasteiger partial charge is 0.878 e. The van der Waals surface area contributed by atoms with Gasteiger partial charge in [0.05, 0.1) is 0 Å². The van der Waals surface area contributed by atoms with Crippen LogP contribution < -0.4 is 34.7 Å². The number of hydrogen-bond acceptors (Lipinski definition) is 2. The molecule has 0 saturated heterocycles. The summed E-state index contributed by atoms with van der Waals surface area (Å²) in [5, 5.41) is 10.3. The molecular weight excluding hydrogens is 151 g/mol. The summed E-state index contributed by atoms with van der Waals surface area (Å²) in [7, 11) is 0. The van der Waals surface area contributed by atoms with E-state index in [0.717, 1.165) is 19.3 Å². The van der Waals surface area contributed by atoms with Crippen LogP contribution in [-0.2, 0) is 4.79 Å². The Kier molecular flexibility index (Phi) is 5.92. The van der Waals surface area contributed by atoms with Crippen LogP contribution in [0.15, 0.2) is 11.8 Å². The van der Waals surface area contributed by atoms with Crippen molar-refractivity contribution in [3.63, 3.8) is 0 Å². The minimum absolute atomic E-state index is 0. The van der Waals surface area contributed by atoms with E-state index in [4.69, 9.17) is 0 Å². The minimum Gasteiger partial charge on any atom is -0.878 e. The van der Waals surface area contributed by atoms with Gasteiger partial charge < -0.3 is 5.11 Å². The molecule has 0 heterocycles. The number of rotatable bonds is 0. The van der Waals surface area contributed by atoms with Crippen molar-refractivity contribution >= 4 is 5.78 Å². The first-order valence-electron chi connectivity index (χ1n) is 3.69. The van der Waals surface area contributed by atoms with E-state index in [1.807, 2.05) is 0 Å². The third-order valence-electron chi connectivity index (χ3n) is 1.85. The summed E-state index contributed by atoms with van der Waals surface area (Å²) in [6, 6.07) is 0. The average Bonchev–Trinajstić information content (AvgIpc) is 2.13. The second-order valence-electron chi connectivity index (χ2n) is 2.63. The second-order valence-corrected chi connectivity index (χ2v) is 2.63. The predicted molar refractivity (Wildman–Crippen MR) is 36.2 cm³/mol. The molecular formula is C8H11NaO2. The summed E-state index contributed by atoms with van der Waals surface area (Å²) < 4.78 is 0. The van der Waals surface area contributed by atoms with Crippen LogP contribution >= 0.6 is 0 Å². The maximum absolute atomic E-state index is 11.0. The maximum Gasteiger partial charge on any atom is 1.00 e. The summed E-state index contributed by atoms with van der Waals surface area (Å²) in [5.74, 6) is 0.0625. The van der Waals surface area contributed by atoms with Crippen molar-refractivity contribution in [3.05, 3.63) is 11.8 Å². The van der Waals surface area contributed by atoms with E-state index in [1.54, 1.807) is 0 Å². The molecule has 2 nitrogen and oxygen atoms in total. The van der Waals surface area contributed by atoms with Crippen LogP contribution in [0.25, 0.3) is 0 Å². The SMILES string of the molecule is O=C1CCCCC/C1=C/[O-].[Na+]. The molecule has 1 aliphatic carbocycles. The molecule has 1 rings (SSSR count). The van der Waals surface area contributed by atoms with Gasteiger partial charge in [0.1, 0.15) is 0 Å². The molecule has 0 atom stereocenters. The van der Waals surface area contributed by atoms with Crippen LogP contribution in [0.3, 0.4) is 0 Å². The topological polar surface area (TPSA) is 40.1 Å². The van der Waals surface area contributed by atoms with Crippen LogP contribution in [-0.4, -0.2) is 5.78 Å². The van der Waals surface area contributed by atoms with E-state index in [1.165, 1.54) is 0 Å². The normalized spacial score (nSPS) is 22.5. The standard InChI is InChI=1S/C8H12O2.Na/c9-6-7-4-2-1-3-5-8(7)10;/h6,9H,1-5H2;/q;+1/p-1/b7-6-;. The Labute approximate surface area is 89.0 Å². The third kappa shape index (κ3) is 3.41. The van der Waals surface area contributed by atoms with Gasteiger partial charge in [0.15, 0.2) is 5.78 Å². The third-order valence-corrected chi connectivity index (χ3v) is 1.85. The molecule has 1 aliphatic rings. The molecule has 0 spiro atoms. The fourth-order valence-electron chi connectivity index (χ4n) is 1.20. The zero-order valence-corrected chi connectivity index (χ0v) is 8.93. The van der Waals surface area contributed by atoms with Gasteiger partial charge in [0, 0.05) is 6.42 Å². The van der Waals surface area contributed by atoms with Gasteiger partial charge in [0.25, 0.3) is 0 Å². The minimum atomic E-state index is 0. The molecule has 0 aromatic heterocycles. The molecule has 1 fully saturated rings. The van der Waals surface area contributed by atoms with Crippen LogP contribution in [0.5, 0.6) is 0 Å². The molecule has 0 aromatic carbocycles. The summed E-state index contributed by atoms with van der Waals surface area (Å²) in [5.41, 5.74) is 0.498. The first kappa shape index (κ1) is 11.2. The van der Waals surface area contributed by atoms with Crippen LogP contribution in [0.2, 0.25) is 0 Å². The van der Waals surface area contributed by atoms with Crippen molar-refractivity contribution < 1.29 is 39.5 Å². The summed E-state index contributed by atoms with van der Waals surface area (Å²) >= 11 is 0. The van der Waals surface area contributed by atoms with Gasteiger partial charge in [-0.25, -0.2) is 0 Å². The number of hydrogen-bond donors (Lipinski definition) is 0. The Bertz CT molecular complexity index is 163. The largest absolute Gasteiger partial charge is 1.00 e. The van der Waals surface area contributed by atoms with Crippen molar-refractivity contribution in [3.8, 4) is 0 Å². The van der Waals surface area contributed by atoms with Crippen LogP contribution in [0.1, 0.15) is 32.1 Å². The molecule has 11 heavy (non-hydrogen) atoms. The Morgan fingerprint density at radius 2 is 1.82 bits per heavy atom. The molecule has 56 valence electrons. The van der Waals surface area contributed by atoms with E-state index in [2.05, 4.69) is 0 Å². The molecule has 0 aliphatic heterocycles. The van der Waals surface area contributed by atoms with E-state index >= 15 is 0 Å². The van der Waals surface area contributed by atoms with Crippen molar-refractivity contribution in [1.82, 2.24) is 0 Å². The zero-order chi connectivity index (χ0) is 7.40. The first-order chi connectivity index (χ1) is 4.84. The van der Waals surface area contributed by atoms with Crippen molar-refractivity contribution in [1.29, 1.82) is 0 Å². The molecule has 0 N–H and O–H groups in total. The van der Waals surface area contributed by atoms with E-state index in [0.29, 0.717) is 24.7 Å². The fraction of sp³-hybridized carbons (Fsp3) is 0.625. The van der Waals surface area contributed by atoms with Crippen molar-refractivity contribution in [2.45, 2.75) is 32.1 Å². The maximum atomic E-state index is 11.0. The Morgan fingerprint density at radius 3 is 2.45 bits per heavy atom. The summed E-state index contributed by atoms with van der Waals surface area (Å²) in [4.78, 5) is 11.0. The van der Waals surface area contributed by atoms with E-state index < -0.39 is 0 Å². The zero-order valence-electron chi connectivity index (χ0n) is 6.93. The Morgan fingerprint density at radius 1 is 1.18 bits per heavy atom. The average molecular weight is 162 g/mol. The predicted octanol–water partition coefficient (Wildman–Crippen LogP) is -2.23. The van der Waals surface area contributed by atoms with Crippen LogP contribution in [0, 0.1) is 0 Å². The Hall–Kier alpha value is 0.210. The van der Waals surface area contributed by atoms with Crippen molar-refractivity contribution in [2.75, 3.05) is 0 Å². The first-order valence-corrected chi connectivity index (χ1v) is 3.69. The van der Waals surface area contributed by atoms with Gasteiger partial charge in [-0.3, -0.25) is 4.79 Å². The second kappa shape index (κ2) is 5.81. The fourth-order valence-corrected chi connectivity index (χ4v) is 1.20. The van der Waals surface area contributed by atoms with Gasteiger partial charge in [-0.1, -0.05) is 6.42 Å². The van der Waals surface area contributed by atoms with Gasteiger partial charge in [0.2, 0.25) is 0 Å². The van der Waals surface area contributed by atoms with Crippen molar-refractivity contribution in [2.24, 2.45) is 0 Å². The van der Waals surface area contributed by atoms with Gasteiger partial charge >= 0.3 is 29.6 Å². The van der Waals surface area contributed by atoms with E-state index in [-0.39, 0.29) is 35.3 Å². The van der Waals surface area contributed by atoms with Gasteiger partial charge in [-0.15, -0.1) is 6.26 Å². The number of carbonyl (C=O) groups excluding carboxylic acids is 1. The molecule has 0 radical (unpaired) electrons. The number of ketones is 1. The molecule has 0 bridgehead atoms. The van der Waals surface area contributed by atoms with Gasteiger partial charge in [-0.2, -0.15) is 0 Å². The molecule has 1 saturated carbocycles. The molecule has 0 amide bonds. The summed E-state index contributed by atoms with van der Waals surface area (Å²) in [6.45, 7) is 0. The number of allylic oxidation sites excluding steroid dienone is 1. The van der Waals surface area contributed by atoms with E-state index in [9.17, 15) is 9.90 Å². The molecule has 0 aromatic rings. The van der Waals surface area contributed by atoms with Crippen LogP contribution in [0.4, 0.5) is 0 Å².